The maximum Gasteiger partial charge on any atom is 0.0589 e. The molecule has 20 heavy (non-hydrogen) atoms. The van der Waals surface area contributed by atoms with Crippen molar-refractivity contribution in [3.05, 3.63) is 0 Å². The lowest BCUT2D eigenvalue weighted by atomic mass is 10.1. The van der Waals surface area contributed by atoms with E-state index < -0.39 is 0 Å². The van der Waals surface area contributed by atoms with Crippen molar-refractivity contribution >= 4 is 15.9 Å². The number of unbranched alkanes of at least 4 members (excludes halogenated alkanes) is 6. The number of ether oxygens (including phenoxy) is 1. The number of halogens is 1. The van der Waals surface area contributed by atoms with Gasteiger partial charge in [0.25, 0.3) is 0 Å². The molecule has 0 heterocycles. The van der Waals surface area contributed by atoms with Gasteiger partial charge in [0.15, 0.2) is 0 Å². The van der Waals surface area contributed by atoms with E-state index in [4.69, 9.17) is 4.74 Å². The zero-order valence-corrected chi connectivity index (χ0v) is 15.2. The van der Waals surface area contributed by atoms with E-state index in [0.29, 0.717) is 0 Å². The minimum Gasteiger partial charge on any atom is -0.383 e. The van der Waals surface area contributed by atoms with Crippen LogP contribution in [0.5, 0.6) is 0 Å². The Morgan fingerprint density at radius 2 is 1.60 bits per heavy atom. The predicted octanol–water partition coefficient (Wildman–Crippen LogP) is 4.86. The molecular formula is C17H34BrNO. The number of hydrogen-bond acceptors (Lipinski definition) is 2. The Morgan fingerprint density at radius 1 is 1.00 bits per heavy atom. The predicted molar refractivity (Wildman–Crippen MR) is 91.7 cm³/mol. The summed E-state index contributed by atoms with van der Waals surface area (Å²) in [5.41, 5.74) is 0. The minimum atomic E-state index is 0.768. The molecule has 1 rings (SSSR count). The number of rotatable bonds is 14. The molecule has 0 aromatic heterocycles. The minimum absolute atomic E-state index is 0.768. The molecule has 1 aliphatic carbocycles. The van der Waals surface area contributed by atoms with Crippen LogP contribution in [0.3, 0.4) is 0 Å². The molecule has 3 heteroatoms. The Labute approximate surface area is 134 Å². The molecule has 0 saturated heterocycles. The summed E-state index contributed by atoms with van der Waals surface area (Å²) in [6.07, 6.45) is 12.6. The van der Waals surface area contributed by atoms with E-state index in [1.165, 1.54) is 69.7 Å². The lowest BCUT2D eigenvalue weighted by molar-refractivity contribution is 0.115. The monoisotopic (exact) mass is 347 g/mol. The summed E-state index contributed by atoms with van der Waals surface area (Å²) in [6.45, 7) is 5.67. The SMILES string of the molecule is COCCN(CCCCCCCCCBr)C(C)C1CC1. The normalized spacial score (nSPS) is 16.8. The largest absolute Gasteiger partial charge is 0.383 e. The van der Waals surface area contributed by atoms with Crippen molar-refractivity contribution in [2.24, 2.45) is 5.92 Å². The molecule has 0 aromatic carbocycles. The lowest BCUT2D eigenvalue weighted by Crippen LogP contribution is -2.37. The Kier molecular flexibility index (Phi) is 11.1. The highest BCUT2D eigenvalue weighted by atomic mass is 79.9. The summed E-state index contributed by atoms with van der Waals surface area (Å²) in [4.78, 5) is 2.66. The van der Waals surface area contributed by atoms with Gasteiger partial charge in [0.1, 0.15) is 0 Å². The second-order valence-corrected chi connectivity index (χ2v) is 7.06. The molecule has 1 fully saturated rings. The number of nitrogens with zero attached hydrogens (tertiary/aromatic N) is 1. The summed E-state index contributed by atoms with van der Waals surface area (Å²) in [6, 6.07) is 0.768. The zero-order chi connectivity index (χ0) is 14.6. The van der Waals surface area contributed by atoms with E-state index in [0.717, 1.165) is 25.1 Å². The summed E-state index contributed by atoms with van der Waals surface area (Å²) in [5.74, 6) is 0.969. The third-order valence-electron chi connectivity index (χ3n) is 4.54. The van der Waals surface area contributed by atoms with Gasteiger partial charge in [0.05, 0.1) is 6.61 Å². The first-order valence-corrected chi connectivity index (χ1v) is 9.70. The van der Waals surface area contributed by atoms with Gasteiger partial charge in [-0.3, -0.25) is 4.90 Å². The summed E-state index contributed by atoms with van der Waals surface area (Å²) in [7, 11) is 1.81. The Bertz CT molecular complexity index is 221. The van der Waals surface area contributed by atoms with Crippen molar-refractivity contribution in [3.8, 4) is 0 Å². The second kappa shape index (κ2) is 12.0. The van der Waals surface area contributed by atoms with Gasteiger partial charge in [0.2, 0.25) is 0 Å². The van der Waals surface area contributed by atoms with Crippen molar-refractivity contribution in [3.63, 3.8) is 0 Å². The van der Waals surface area contributed by atoms with Crippen molar-refractivity contribution in [1.82, 2.24) is 4.90 Å². The molecule has 1 atom stereocenters. The van der Waals surface area contributed by atoms with Gasteiger partial charge < -0.3 is 4.74 Å². The van der Waals surface area contributed by atoms with Gasteiger partial charge in [-0.2, -0.15) is 0 Å². The van der Waals surface area contributed by atoms with E-state index in [2.05, 4.69) is 27.8 Å². The molecule has 1 saturated carbocycles. The van der Waals surface area contributed by atoms with Crippen LogP contribution in [0.4, 0.5) is 0 Å². The first-order chi connectivity index (χ1) is 9.79. The van der Waals surface area contributed by atoms with Crippen LogP contribution in [-0.2, 0) is 4.74 Å². The van der Waals surface area contributed by atoms with E-state index in [-0.39, 0.29) is 0 Å². The van der Waals surface area contributed by atoms with Gasteiger partial charge in [-0.05, 0) is 45.1 Å². The Morgan fingerprint density at radius 3 is 2.15 bits per heavy atom. The molecule has 2 nitrogen and oxygen atoms in total. The molecule has 0 amide bonds. The smallest absolute Gasteiger partial charge is 0.0589 e. The fourth-order valence-electron chi connectivity index (χ4n) is 2.90. The topological polar surface area (TPSA) is 12.5 Å². The van der Waals surface area contributed by atoms with Crippen LogP contribution in [-0.4, -0.2) is 43.1 Å². The van der Waals surface area contributed by atoms with E-state index in [1.54, 1.807) is 0 Å². The summed E-state index contributed by atoms with van der Waals surface area (Å²) in [5, 5.41) is 1.17. The molecule has 0 bridgehead atoms. The van der Waals surface area contributed by atoms with Crippen LogP contribution in [0.15, 0.2) is 0 Å². The maximum atomic E-state index is 5.26. The molecule has 120 valence electrons. The van der Waals surface area contributed by atoms with E-state index in [1.807, 2.05) is 7.11 Å². The van der Waals surface area contributed by atoms with E-state index >= 15 is 0 Å². The number of alkyl halides is 1. The van der Waals surface area contributed by atoms with Gasteiger partial charge in [0, 0.05) is 25.0 Å². The molecule has 0 N–H and O–H groups in total. The average Bonchev–Trinajstić information content (AvgIpc) is 3.29. The third kappa shape index (κ3) is 8.63. The summed E-state index contributed by atoms with van der Waals surface area (Å²) < 4.78 is 5.26. The Hall–Kier alpha value is 0.400. The second-order valence-electron chi connectivity index (χ2n) is 6.27. The van der Waals surface area contributed by atoms with Crippen LogP contribution >= 0.6 is 15.9 Å². The fraction of sp³-hybridized carbons (Fsp3) is 1.00. The van der Waals surface area contributed by atoms with Crippen LogP contribution < -0.4 is 0 Å². The first-order valence-electron chi connectivity index (χ1n) is 8.58. The van der Waals surface area contributed by atoms with Crippen LogP contribution in [0, 0.1) is 5.92 Å². The molecule has 1 unspecified atom stereocenters. The molecule has 0 spiro atoms. The van der Waals surface area contributed by atoms with Gasteiger partial charge in [-0.1, -0.05) is 48.0 Å². The van der Waals surface area contributed by atoms with Crippen molar-refractivity contribution < 1.29 is 4.74 Å². The van der Waals surface area contributed by atoms with Crippen molar-refractivity contribution in [2.75, 3.05) is 32.1 Å². The quantitative estimate of drug-likeness (QED) is 0.328. The first kappa shape index (κ1) is 18.4. The highest BCUT2D eigenvalue weighted by molar-refractivity contribution is 9.09. The molecule has 0 aliphatic heterocycles. The average molecular weight is 348 g/mol. The molecule has 0 aromatic rings. The highest BCUT2D eigenvalue weighted by Crippen LogP contribution is 2.35. The Balaban J connectivity index is 2.02. The maximum absolute atomic E-state index is 5.26. The highest BCUT2D eigenvalue weighted by Gasteiger charge is 2.31. The van der Waals surface area contributed by atoms with Crippen LogP contribution in [0.25, 0.3) is 0 Å². The van der Waals surface area contributed by atoms with Crippen molar-refractivity contribution in [1.29, 1.82) is 0 Å². The standard InChI is InChI=1S/C17H34BrNO/c1-16(17-10-11-17)19(14-15-20-2)13-9-7-5-3-4-6-8-12-18/h16-17H,3-15H2,1-2H3. The van der Waals surface area contributed by atoms with Gasteiger partial charge >= 0.3 is 0 Å². The van der Waals surface area contributed by atoms with E-state index in [9.17, 15) is 0 Å². The molecule has 1 aliphatic rings. The molecule has 0 radical (unpaired) electrons. The lowest BCUT2D eigenvalue weighted by Gasteiger charge is -2.29. The fourth-order valence-corrected chi connectivity index (χ4v) is 3.29. The van der Waals surface area contributed by atoms with Crippen molar-refractivity contribution in [2.45, 2.75) is 70.8 Å². The van der Waals surface area contributed by atoms with Gasteiger partial charge in [-0.15, -0.1) is 0 Å². The summed E-state index contributed by atoms with van der Waals surface area (Å²) >= 11 is 3.49. The molecular weight excluding hydrogens is 314 g/mol. The number of methoxy groups -OCH3 is 1. The third-order valence-corrected chi connectivity index (χ3v) is 5.10. The zero-order valence-electron chi connectivity index (χ0n) is 13.6. The van der Waals surface area contributed by atoms with Crippen LogP contribution in [0.1, 0.15) is 64.7 Å². The number of hydrogen-bond donors (Lipinski definition) is 0. The van der Waals surface area contributed by atoms with Crippen LogP contribution in [0.2, 0.25) is 0 Å². The van der Waals surface area contributed by atoms with Gasteiger partial charge in [-0.25, -0.2) is 0 Å².